The molecule has 0 spiro atoms. The first kappa shape index (κ1) is 17.5. The summed E-state index contributed by atoms with van der Waals surface area (Å²) in [6, 6.07) is 20.2. The SMILES string of the molecule is COC(=O)[C@@H]1Cc2c(ncn2Cc2ccccc2)CN1Cc1ccccc1. The van der Waals surface area contributed by atoms with Gasteiger partial charge in [-0.25, -0.2) is 4.98 Å². The third-order valence-electron chi connectivity index (χ3n) is 5.11. The number of imidazole rings is 1. The molecule has 1 aromatic heterocycles. The van der Waals surface area contributed by atoms with Gasteiger partial charge >= 0.3 is 5.97 Å². The molecular formula is C22H23N3O2. The number of hydrogen-bond acceptors (Lipinski definition) is 4. The van der Waals surface area contributed by atoms with Gasteiger partial charge in [0.25, 0.3) is 0 Å². The minimum Gasteiger partial charge on any atom is -0.468 e. The number of esters is 1. The molecule has 0 unspecified atom stereocenters. The molecule has 4 rings (SSSR count). The van der Waals surface area contributed by atoms with E-state index in [1.54, 1.807) is 0 Å². The summed E-state index contributed by atoms with van der Waals surface area (Å²) in [6.07, 6.45) is 2.50. The highest BCUT2D eigenvalue weighted by Gasteiger charge is 2.34. The summed E-state index contributed by atoms with van der Waals surface area (Å²) in [6.45, 7) is 2.10. The third kappa shape index (κ3) is 3.78. The summed E-state index contributed by atoms with van der Waals surface area (Å²) in [7, 11) is 1.46. The number of benzene rings is 2. The molecule has 0 amide bonds. The second kappa shape index (κ2) is 7.76. The van der Waals surface area contributed by atoms with Crippen LogP contribution in [0.2, 0.25) is 0 Å². The maximum absolute atomic E-state index is 12.5. The van der Waals surface area contributed by atoms with Gasteiger partial charge in [-0.2, -0.15) is 0 Å². The summed E-state index contributed by atoms with van der Waals surface area (Å²) in [5.41, 5.74) is 4.57. The predicted octanol–water partition coefficient (Wildman–Crippen LogP) is 3.03. The van der Waals surface area contributed by atoms with Gasteiger partial charge in [0, 0.05) is 31.7 Å². The number of carbonyl (C=O) groups excluding carboxylic acids is 1. The Balaban J connectivity index is 1.60. The molecule has 5 heteroatoms. The van der Waals surface area contributed by atoms with E-state index >= 15 is 0 Å². The molecule has 0 saturated carbocycles. The molecule has 1 aliphatic rings. The highest BCUT2D eigenvalue weighted by Crippen LogP contribution is 2.25. The van der Waals surface area contributed by atoms with Gasteiger partial charge in [-0.15, -0.1) is 0 Å². The highest BCUT2D eigenvalue weighted by atomic mass is 16.5. The van der Waals surface area contributed by atoms with Crippen LogP contribution in [0.1, 0.15) is 22.5 Å². The minimum atomic E-state index is -0.297. The van der Waals surface area contributed by atoms with Crippen LogP contribution < -0.4 is 0 Å². The molecular weight excluding hydrogens is 338 g/mol. The lowest BCUT2D eigenvalue weighted by Crippen LogP contribution is -2.46. The lowest BCUT2D eigenvalue weighted by atomic mass is 10.0. The lowest BCUT2D eigenvalue weighted by molar-refractivity contribution is -0.148. The highest BCUT2D eigenvalue weighted by molar-refractivity contribution is 5.76. The molecule has 0 saturated heterocycles. The van der Waals surface area contributed by atoms with Gasteiger partial charge in [0.15, 0.2) is 0 Å². The van der Waals surface area contributed by atoms with Crippen LogP contribution in [0.4, 0.5) is 0 Å². The Labute approximate surface area is 159 Å². The summed E-state index contributed by atoms with van der Waals surface area (Å²) >= 11 is 0. The Hall–Kier alpha value is -2.92. The van der Waals surface area contributed by atoms with Gasteiger partial charge in [-0.1, -0.05) is 60.7 Å². The van der Waals surface area contributed by atoms with Gasteiger partial charge < -0.3 is 9.30 Å². The van der Waals surface area contributed by atoms with Gasteiger partial charge in [-0.3, -0.25) is 9.69 Å². The number of carbonyl (C=O) groups is 1. The van der Waals surface area contributed by atoms with Gasteiger partial charge in [-0.05, 0) is 11.1 Å². The normalized spacial score (nSPS) is 16.7. The fraction of sp³-hybridized carbons (Fsp3) is 0.273. The van der Waals surface area contributed by atoms with Crippen molar-refractivity contribution in [1.82, 2.24) is 14.5 Å². The van der Waals surface area contributed by atoms with E-state index in [4.69, 9.17) is 4.74 Å². The summed E-state index contributed by atoms with van der Waals surface area (Å²) in [4.78, 5) is 19.3. The zero-order chi connectivity index (χ0) is 18.6. The number of nitrogens with zero attached hydrogens (tertiary/aromatic N) is 3. The Morgan fingerprint density at radius 2 is 1.67 bits per heavy atom. The van der Waals surface area contributed by atoms with E-state index in [0.717, 1.165) is 17.9 Å². The summed E-state index contributed by atoms with van der Waals surface area (Å²) in [5, 5.41) is 0. The average Bonchev–Trinajstić information content (AvgIpc) is 3.10. The Bertz CT molecular complexity index is 906. The second-order valence-electron chi connectivity index (χ2n) is 6.89. The lowest BCUT2D eigenvalue weighted by Gasteiger charge is -2.33. The first-order valence-corrected chi connectivity index (χ1v) is 9.17. The molecule has 1 atom stereocenters. The van der Waals surface area contributed by atoms with Crippen LogP contribution in [0.5, 0.6) is 0 Å². The van der Waals surface area contributed by atoms with Crippen molar-refractivity contribution < 1.29 is 9.53 Å². The first-order chi connectivity index (χ1) is 13.2. The average molecular weight is 361 g/mol. The van der Waals surface area contributed by atoms with E-state index in [1.807, 2.05) is 42.7 Å². The van der Waals surface area contributed by atoms with Crippen molar-refractivity contribution in [2.75, 3.05) is 7.11 Å². The van der Waals surface area contributed by atoms with Gasteiger partial charge in [0.2, 0.25) is 0 Å². The number of fused-ring (bicyclic) bond motifs is 1. The van der Waals surface area contributed by atoms with Crippen molar-refractivity contribution in [3.63, 3.8) is 0 Å². The monoisotopic (exact) mass is 361 g/mol. The maximum atomic E-state index is 12.5. The van der Waals surface area contributed by atoms with Crippen molar-refractivity contribution in [2.24, 2.45) is 0 Å². The Kier molecular flexibility index (Phi) is 5.03. The number of methoxy groups -OCH3 is 1. The largest absolute Gasteiger partial charge is 0.468 e. The van der Waals surface area contributed by atoms with E-state index in [-0.39, 0.29) is 12.0 Å². The number of aromatic nitrogens is 2. The standard InChI is InChI=1S/C22H23N3O2/c1-27-22(26)21-12-20-19(15-24(21)13-17-8-4-2-5-9-17)23-16-25(20)14-18-10-6-3-7-11-18/h2-11,16,21H,12-15H2,1H3/t21-/m0/s1. The van der Waals surface area contributed by atoms with Crippen LogP contribution in [0.15, 0.2) is 67.0 Å². The molecule has 27 heavy (non-hydrogen) atoms. The molecule has 2 aromatic carbocycles. The van der Waals surface area contributed by atoms with Crippen molar-refractivity contribution in [3.8, 4) is 0 Å². The molecule has 1 aliphatic heterocycles. The van der Waals surface area contributed by atoms with Gasteiger partial charge in [0.1, 0.15) is 6.04 Å². The fourth-order valence-electron chi connectivity index (χ4n) is 3.70. The van der Waals surface area contributed by atoms with E-state index in [9.17, 15) is 4.79 Å². The molecule has 0 radical (unpaired) electrons. The van der Waals surface area contributed by atoms with Gasteiger partial charge in [0.05, 0.1) is 19.1 Å². The molecule has 5 nitrogen and oxygen atoms in total. The predicted molar refractivity (Wildman–Crippen MR) is 103 cm³/mol. The van der Waals surface area contributed by atoms with Crippen molar-refractivity contribution in [2.45, 2.75) is 32.1 Å². The summed E-state index contributed by atoms with van der Waals surface area (Å²) < 4.78 is 7.25. The van der Waals surface area contributed by atoms with Crippen molar-refractivity contribution in [1.29, 1.82) is 0 Å². The first-order valence-electron chi connectivity index (χ1n) is 9.17. The number of rotatable bonds is 5. The zero-order valence-corrected chi connectivity index (χ0v) is 15.4. The van der Waals surface area contributed by atoms with Crippen molar-refractivity contribution in [3.05, 3.63) is 89.5 Å². The fourth-order valence-corrected chi connectivity index (χ4v) is 3.70. The molecule has 3 aromatic rings. The second-order valence-corrected chi connectivity index (χ2v) is 6.89. The van der Waals surface area contributed by atoms with Crippen LogP contribution in [-0.4, -0.2) is 33.6 Å². The molecule has 0 N–H and O–H groups in total. The summed E-state index contributed by atoms with van der Waals surface area (Å²) in [5.74, 6) is -0.191. The van der Waals surface area contributed by atoms with Crippen LogP contribution in [-0.2, 0) is 35.6 Å². The Morgan fingerprint density at radius 1 is 1.04 bits per heavy atom. The molecule has 0 aliphatic carbocycles. The quantitative estimate of drug-likeness (QED) is 0.656. The maximum Gasteiger partial charge on any atom is 0.323 e. The van der Waals surface area contributed by atoms with Crippen LogP contribution >= 0.6 is 0 Å². The van der Waals surface area contributed by atoms with Crippen LogP contribution in [0.25, 0.3) is 0 Å². The topological polar surface area (TPSA) is 47.4 Å². The van der Waals surface area contributed by atoms with E-state index in [1.165, 1.54) is 18.2 Å². The molecule has 0 bridgehead atoms. The van der Waals surface area contributed by atoms with E-state index in [2.05, 4.69) is 38.7 Å². The zero-order valence-electron chi connectivity index (χ0n) is 15.4. The van der Waals surface area contributed by atoms with Crippen molar-refractivity contribution >= 4 is 5.97 Å². The third-order valence-corrected chi connectivity index (χ3v) is 5.11. The minimum absolute atomic E-state index is 0.191. The molecule has 0 fully saturated rings. The smallest absolute Gasteiger partial charge is 0.323 e. The van der Waals surface area contributed by atoms with E-state index < -0.39 is 0 Å². The van der Waals surface area contributed by atoms with Crippen LogP contribution in [0.3, 0.4) is 0 Å². The number of ether oxygens (including phenoxy) is 1. The van der Waals surface area contributed by atoms with E-state index in [0.29, 0.717) is 19.5 Å². The molecule has 2 heterocycles. The Morgan fingerprint density at radius 3 is 2.30 bits per heavy atom. The molecule has 138 valence electrons. The number of hydrogen-bond donors (Lipinski definition) is 0. The van der Waals surface area contributed by atoms with Crippen LogP contribution in [0, 0.1) is 0 Å².